The van der Waals surface area contributed by atoms with Gasteiger partial charge in [0.15, 0.2) is 0 Å². The number of phenolic OH excluding ortho intramolecular Hbond substituents is 2. The first-order valence-corrected chi connectivity index (χ1v) is 13.8. The number of sulfonamides is 1. The quantitative estimate of drug-likeness (QED) is 0.295. The minimum atomic E-state index is -3.93. The molecule has 4 aromatic rings. The number of aliphatic imine (C=N–C) groups is 1. The van der Waals surface area contributed by atoms with E-state index >= 15 is 0 Å². The topological polar surface area (TPSA) is 96.7 Å². The van der Waals surface area contributed by atoms with E-state index in [0.717, 1.165) is 10.8 Å². The van der Waals surface area contributed by atoms with Gasteiger partial charge in [-0.25, -0.2) is 8.42 Å². The van der Waals surface area contributed by atoms with Gasteiger partial charge in [0.05, 0.1) is 4.90 Å². The maximum Gasteiger partial charge on any atom is 0.243 e. The van der Waals surface area contributed by atoms with Crippen molar-refractivity contribution >= 4 is 43.5 Å². The van der Waals surface area contributed by atoms with Crippen LogP contribution in [0.1, 0.15) is 5.56 Å². The van der Waals surface area contributed by atoms with Crippen LogP contribution >= 0.6 is 0 Å². The second-order valence-electron chi connectivity index (χ2n) is 9.78. The molecule has 38 heavy (non-hydrogen) atoms. The Kier molecular flexibility index (Phi) is 8.32. The van der Waals surface area contributed by atoms with Crippen LogP contribution in [0.2, 0.25) is 0 Å². The summed E-state index contributed by atoms with van der Waals surface area (Å²) in [5, 5.41) is 24.3. The van der Waals surface area contributed by atoms with Crippen molar-refractivity contribution in [3.05, 3.63) is 72.3 Å². The standard InChI is InChI=1S/C29H34N4O4S/c1-31(2)15-17-33(18-16-32(3)4)38(36,37)28-19-27(35)29(24-12-8-7-11-23(24)28)30-20-25-22-10-6-5-9-21(22)13-14-26(25)34/h5-14,19-20,34-35H,15-18H2,1-4H3. The van der Waals surface area contributed by atoms with Crippen LogP contribution in [-0.2, 0) is 10.0 Å². The Labute approximate surface area is 224 Å². The summed E-state index contributed by atoms with van der Waals surface area (Å²) in [4.78, 5) is 8.46. The van der Waals surface area contributed by atoms with E-state index in [0.29, 0.717) is 42.5 Å². The van der Waals surface area contributed by atoms with E-state index in [1.165, 1.54) is 16.6 Å². The number of fused-ring (bicyclic) bond motifs is 2. The van der Waals surface area contributed by atoms with Crippen LogP contribution in [0.25, 0.3) is 21.5 Å². The van der Waals surface area contributed by atoms with E-state index in [1.54, 1.807) is 30.3 Å². The summed E-state index contributed by atoms with van der Waals surface area (Å²) in [5.41, 5.74) is 0.752. The molecule has 0 aromatic heterocycles. The fourth-order valence-corrected chi connectivity index (χ4v) is 5.96. The molecule has 200 valence electrons. The molecule has 0 saturated heterocycles. The Balaban J connectivity index is 1.82. The molecular weight excluding hydrogens is 500 g/mol. The summed E-state index contributed by atoms with van der Waals surface area (Å²) in [6, 6.07) is 19.4. The predicted molar refractivity (Wildman–Crippen MR) is 154 cm³/mol. The van der Waals surface area contributed by atoms with Crippen molar-refractivity contribution in [1.29, 1.82) is 0 Å². The van der Waals surface area contributed by atoms with Crippen molar-refractivity contribution in [3.63, 3.8) is 0 Å². The van der Waals surface area contributed by atoms with E-state index in [1.807, 2.05) is 68.3 Å². The molecule has 0 amide bonds. The first-order chi connectivity index (χ1) is 18.1. The number of likely N-dealkylation sites (N-methyl/N-ethyl adjacent to an activating group) is 2. The number of rotatable bonds is 10. The lowest BCUT2D eigenvalue weighted by Crippen LogP contribution is -2.40. The van der Waals surface area contributed by atoms with Crippen LogP contribution in [0.15, 0.2) is 76.6 Å². The number of hydrogen-bond donors (Lipinski definition) is 2. The number of phenols is 2. The molecule has 0 heterocycles. The highest BCUT2D eigenvalue weighted by atomic mass is 32.2. The Morgan fingerprint density at radius 1 is 0.737 bits per heavy atom. The van der Waals surface area contributed by atoms with Gasteiger partial charge in [0.1, 0.15) is 17.2 Å². The van der Waals surface area contributed by atoms with Crippen LogP contribution in [0, 0.1) is 0 Å². The maximum absolute atomic E-state index is 13.9. The Morgan fingerprint density at radius 2 is 1.32 bits per heavy atom. The summed E-state index contributed by atoms with van der Waals surface area (Å²) in [6.07, 6.45) is 1.51. The van der Waals surface area contributed by atoms with Crippen LogP contribution < -0.4 is 0 Å². The van der Waals surface area contributed by atoms with Crippen molar-refractivity contribution < 1.29 is 18.6 Å². The van der Waals surface area contributed by atoms with Crippen LogP contribution in [-0.4, -0.2) is 93.3 Å². The Bertz CT molecular complexity index is 1570. The van der Waals surface area contributed by atoms with E-state index in [4.69, 9.17) is 0 Å². The Morgan fingerprint density at radius 3 is 1.95 bits per heavy atom. The van der Waals surface area contributed by atoms with Gasteiger partial charge in [-0.05, 0) is 45.0 Å². The largest absolute Gasteiger partial charge is 0.507 e. The molecule has 2 N–H and O–H groups in total. The van der Waals surface area contributed by atoms with E-state index in [2.05, 4.69) is 4.99 Å². The van der Waals surface area contributed by atoms with Crippen LogP contribution in [0.4, 0.5) is 5.69 Å². The lowest BCUT2D eigenvalue weighted by Gasteiger charge is -2.26. The molecule has 0 fully saturated rings. The van der Waals surface area contributed by atoms with Gasteiger partial charge in [-0.3, -0.25) is 4.99 Å². The first kappa shape index (κ1) is 27.5. The summed E-state index contributed by atoms with van der Waals surface area (Å²) in [7, 11) is 3.67. The lowest BCUT2D eigenvalue weighted by atomic mass is 10.0. The van der Waals surface area contributed by atoms with E-state index in [9.17, 15) is 18.6 Å². The SMILES string of the molecule is CN(C)CCN(CCN(C)C)S(=O)(=O)c1cc(O)c(N=Cc2c(O)ccc3ccccc23)c2ccccc12. The molecule has 8 nitrogen and oxygen atoms in total. The zero-order valence-corrected chi connectivity index (χ0v) is 23.0. The number of aromatic hydroxyl groups is 2. The average molecular weight is 535 g/mol. The normalized spacial score (nSPS) is 12.6. The molecule has 0 aliphatic heterocycles. The minimum Gasteiger partial charge on any atom is -0.507 e. The van der Waals surface area contributed by atoms with Gasteiger partial charge in [-0.15, -0.1) is 0 Å². The Hall–Kier alpha value is -3.50. The third kappa shape index (κ3) is 5.81. The average Bonchev–Trinajstić information content (AvgIpc) is 2.88. The molecule has 0 bridgehead atoms. The first-order valence-electron chi connectivity index (χ1n) is 12.4. The second kappa shape index (κ2) is 11.5. The molecule has 0 unspecified atom stereocenters. The molecule has 0 aliphatic rings. The number of nitrogens with zero attached hydrogens (tertiary/aromatic N) is 4. The van der Waals surface area contributed by atoms with Crippen molar-refractivity contribution in [2.45, 2.75) is 4.90 Å². The zero-order chi connectivity index (χ0) is 27.4. The molecular formula is C29H34N4O4S. The highest BCUT2D eigenvalue weighted by Crippen LogP contribution is 2.40. The highest BCUT2D eigenvalue weighted by Gasteiger charge is 2.28. The van der Waals surface area contributed by atoms with Crippen molar-refractivity contribution in [3.8, 4) is 11.5 Å². The predicted octanol–water partition coefficient (Wildman–Crippen LogP) is 4.27. The summed E-state index contributed by atoms with van der Waals surface area (Å²) >= 11 is 0. The van der Waals surface area contributed by atoms with Gasteiger partial charge >= 0.3 is 0 Å². The van der Waals surface area contributed by atoms with Gasteiger partial charge < -0.3 is 20.0 Å². The van der Waals surface area contributed by atoms with Crippen LogP contribution in [0.5, 0.6) is 11.5 Å². The third-order valence-electron chi connectivity index (χ3n) is 6.44. The van der Waals surface area contributed by atoms with Gasteiger partial charge in [0.25, 0.3) is 0 Å². The third-order valence-corrected chi connectivity index (χ3v) is 8.38. The zero-order valence-electron chi connectivity index (χ0n) is 22.2. The maximum atomic E-state index is 13.9. The molecule has 4 aromatic carbocycles. The fourth-order valence-electron chi connectivity index (χ4n) is 4.33. The van der Waals surface area contributed by atoms with E-state index in [-0.39, 0.29) is 22.1 Å². The van der Waals surface area contributed by atoms with Gasteiger partial charge in [-0.2, -0.15) is 4.31 Å². The van der Waals surface area contributed by atoms with Gasteiger partial charge in [0.2, 0.25) is 10.0 Å². The molecule has 0 saturated carbocycles. The van der Waals surface area contributed by atoms with Gasteiger partial charge in [0, 0.05) is 54.8 Å². The molecule has 0 radical (unpaired) electrons. The lowest BCUT2D eigenvalue weighted by molar-refractivity contribution is 0.301. The van der Waals surface area contributed by atoms with Crippen molar-refractivity contribution in [2.75, 3.05) is 54.4 Å². The second-order valence-corrected chi connectivity index (χ2v) is 11.7. The number of benzene rings is 4. The van der Waals surface area contributed by atoms with Crippen molar-refractivity contribution in [2.24, 2.45) is 4.99 Å². The van der Waals surface area contributed by atoms with Gasteiger partial charge in [-0.1, -0.05) is 54.6 Å². The van der Waals surface area contributed by atoms with Crippen LogP contribution in [0.3, 0.4) is 0 Å². The molecule has 0 atom stereocenters. The summed E-state index contributed by atoms with van der Waals surface area (Å²) in [5.74, 6) is -0.189. The summed E-state index contributed by atoms with van der Waals surface area (Å²) < 4.78 is 29.3. The minimum absolute atomic E-state index is 0.0371. The molecule has 4 rings (SSSR count). The molecule has 9 heteroatoms. The van der Waals surface area contributed by atoms with Crippen molar-refractivity contribution in [1.82, 2.24) is 14.1 Å². The monoisotopic (exact) mass is 534 g/mol. The van der Waals surface area contributed by atoms with E-state index < -0.39 is 10.0 Å². The number of hydrogen-bond acceptors (Lipinski definition) is 7. The molecule has 0 spiro atoms. The fraction of sp³-hybridized carbons (Fsp3) is 0.276. The molecule has 0 aliphatic carbocycles. The smallest absolute Gasteiger partial charge is 0.243 e. The highest BCUT2D eigenvalue weighted by molar-refractivity contribution is 7.89. The summed E-state index contributed by atoms with van der Waals surface area (Å²) in [6.45, 7) is 1.76.